The molecule has 2 atom stereocenters. The van der Waals surface area contributed by atoms with Gasteiger partial charge in [0.1, 0.15) is 5.75 Å². The average Bonchev–Trinajstić information content (AvgIpc) is 3.49. The third-order valence-electron chi connectivity index (χ3n) is 4.79. The smallest absolute Gasteiger partial charge is 0.258 e. The molecule has 1 aliphatic carbocycles. The molecular weight excluding hydrogens is 324 g/mol. The highest BCUT2D eigenvalue weighted by Crippen LogP contribution is 2.20. The second-order valence-corrected chi connectivity index (χ2v) is 7.14. The lowest BCUT2D eigenvalue weighted by Crippen LogP contribution is -2.30. The Kier molecular flexibility index (Phi) is 6.29. The highest BCUT2D eigenvalue weighted by Gasteiger charge is 2.23. The van der Waals surface area contributed by atoms with Gasteiger partial charge < -0.3 is 15.4 Å². The molecule has 2 N–H and O–H groups in total. The Hall–Kier alpha value is -2.33. The summed E-state index contributed by atoms with van der Waals surface area (Å²) in [5, 5.41) is 6.51. The third-order valence-corrected chi connectivity index (χ3v) is 4.79. The molecule has 26 heavy (non-hydrogen) atoms. The zero-order chi connectivity index (χ0) is 18.4. The molecule has 0 radical (unpaired) electrons. The number of benzene rings is 2. The van der Waals surface area contributed by atoms with Crippen LogP contribution in [0.1, 0.15) is 49.8 Å². The lowest BCUT2D eigenvalue weighted by atomic mass is 10.0. The van der Waals surface area contributed by atoms with E-state index in [1.54, 1.807) is 0 Å². The first-order chi connectivity index (χ1) is 12.6. The van der Waals surface area contributed by atoms with Crippen molar-refractivity contribution in [1.82, 2.24) is 10.6 Å². The number of ether oxygens (including phenoxy) is 1. The first kappa shape index (κ1) is 18.5. The molecule has 3 rings (SSSR count). The molecule has 1 fully saturated rings. The van der Waals surface area contributed by atoms with Crippen LogP contribution in [0.4, 0.5) is 0 Å². The minimum atomic E-state index is -0.0403. The fraction of sp³-hybridized carbons (Fsp3) is 0.409. The first-order valence-electron chi connectivity index (χ1n) is 9.42. The summed E-state index contributed by atoms with van der Waals surface area (Å²) in [6.07, 6.45) is 2.18. The van der Waals surface area contributed by atoms with E-state index >= 15 is 0 Å². The predicted molar refractivity (Wildman–Crippen MR) is 104 cm³/mol. The molecular formula is C22H28N2O2. The summed E-state index contributed by atoms with van der Waals surface area (Å²) in [6, 6.07) is 19.1. The first-order valence-corrected chi connectivity index (χ1v) is 9.42. The van der Waals surface area contributed by atoms with Crippen molar-refractivity contribution < 1.29 is 9.53 Å². The standard InChI is InChI=1S/C22H28N2O2/c1-16(18-6-4-3-5-7-18)14-23-17(2)19-8-12-21(13-9-19)26-15-22(25)24-20-10-11-20/h3-9,12-13,16-17,20,23H,10-11,14-15H2,1-2H3,(H,24,25). The summed E-state index contributed by atoms with van der Waals surface area (Å²) in [7, 11) is 0. The van der Waals surface area contributed by atoms with Crippen LogP contribution < -0.4 is 15.4 Å². The number of carbonyl (C=O) groups excluding carboxylic acids is 1. The maximum absolute atomic E-state index is 11.7. The molecule has 0 aliphatic heterocycles. The number of hydrogen-bond donors (Lipinski definition) is 2. The number of rotatable bonds is 9. The Bertz CT molecular complexity index is 696. The zero-order valence-electron chi connectivity index (χ0n) is 15.6. The third kappa shape index (κ3) is 5.60. The van der Waals surface area contributed by atoms with Crippen molar-refractivity contribution in [1.29, 1.82) is 0 Å². The van der Waals surface area contributed by atoms with Gasteiger partial charge in [0.2, 0.25) is 0 Å². The van der Waals surface area contributed by atoms with Crippen molar-refractivity contribution in [2.75, 3.05) is 13.2 Å². The van der Waals surface area contributed by atoms with Crippen LogP contribution in [-0.4, -0.2) is 25.1 Å². The lowest BCUT2D eigenvalue weighted by Gasteiger charge is -2.19. The van der Waals surface area contributed by atoms with E-state index < -0.39 is 0 Å². The molecule has 2 aromatic rings. The summed E-state index contributed by atoms with van der Waals surface area (Å²) in [5.41, 5.74) is 2.56. The number of hydrogen-bond acceptors (Lipinski definition) is 3. The van der Waals surface area contributed by atoms with E-state index in [0.717, 1.165) is 25.1 Å². The maximum Gasteiger partial charge on any atom is 0.258 e. The summed E-state index contributed by atoms with van der Waals surface area (Å²) < 4.78 is 5.55. The molecule has 0 aromatic heterocycles. The molecule has 138 valence electrons. The van der Waals surface area contributed by atoms with Crippen molar-refractivity contribution in [3.05, 3.63) is 65.7 Å². The van der Waals surface area contributed by atoms with Crippen molar-refractivity contribution in [2.24, 2.45) is 0 Å². The molecule has 0 saturated heterocycles. The second kappa shape index (κ2) is 8.86. The van der Waals surface area contributed by atoms with Gasteiger partial charge in [0.15, 0.2) is 6.61 Å². The number of nitrogens with one attached hydrogen (secondary N) is 2. The van der Waals surface area contributed by atoms with Crippen molar-refractivity contribution in [3.63, 3.8) is 0 Å². The van der Waals surface area contributed by atoms with Crippen LogP contribution in [0.5, 0.6) is 5.75 Å². The van der Waals surface area contributed by atoms with Crippen LogP contribution in [0.3, 0.4) is 0 Å². The summed E-state index contributed by atoms with van der Waals surface area (Å²) in [6.45, 7) is 5.40. The lowest BCUT2D eigenvalue weighted by molar-refractivity contribution is -0.123. The molecule has 0 bridgehead atoms. The molecule has 2 unspecified atom stereocenters. The minimum Gasteiger partial charge on any atom is -0.484 e. The van der Waals surface area contributed by atoms with E-state index in [0.29, 0.717) is 12.0 Å². The second-order valence-electron chi connectivity index (χ2n) is 7.14. The van der Waals surface area contributed by atoms with Crippen LogP contribution in [0.25, 0.3) is 0 Å². The van der Waals surface area contributed by atoms with Crippen LogP contribution >= 0.6 is 0 Å². The molecule has 4 nitrogen and oxygen atoms in total. The van der Waals surface area contributed by atoms with Crippen molar-refractivity contribution >= 4 is 5.91 Å². The van der Waals surface area contributed by atoms with Gasteiger partial charge in [0.05, 0.1) is 0 Å². The van der Waals surface area contributed by atoms with Gasteiger partial charge in [-0.15, -0.1) is 0 Å². The molecule has 1 amide bonds. The normalized spacial score (nSPS) is 15.9. The van der Waals surface area contributed by atoms with Crippen LogP contribution in [-0.2, 0) is 4.79 Å². The summed E-state index contributed by atoms with van der Waals surface area (Å²) in [4.78, 5) is 11.7. The van der Waals surface area contributed by atoms with Crippen molar-refractivity contribution in [2.45, 2.75) is 44.7 Å². The Morgan fingerprint density at radius 1 is 1.04 bits per heavy atom. The Labute approximate surface area is 156 Å². The fourth-order valence-corrected chi connectivity index (χ4v) is 2.87. The average molecular weight is 352 g/mol. The monoisotopic (exact) mass is 352 g/mol. The van der Waals surface area contributed by atoms with Crippen LogP contribution in [0.15, 0.2) is 54.6 Å². The van der Waals surface area contributed by atoms with E-state index in [2.05, 4.69) is 60.9 Å². The van der Waals surface area contributed by atoms with E-state index in [9.17, 15) is 4.79 Å². The van der Waals surface area contributed by atoms with Gasteiger partial charge in [-0.1, -0.05) is 49.4 Å². The Morgan fingerprint density at radius 3 is 2.38 bits per heavy atom. The van der Waals surface area contributed by atoms with Crippen LogP contribution in [0, 0.1) is 0 Å². The highest BCUT2D eigenvalue weighted by molar-refractivity contribution is 5.78. The number of amides is 1. The fourth-order valence-electron chi connectivity index (χ4n) is 2.87. The molecule has 1 aliphatic rings. The van der Waals surface area contributed by atoms with Gasteiger partial charge in [0.25, 0.3) is 5.91 Å². The van der Waals surface area contributed by atoms with Gasteiger partial charge >= 0.3 is 0 Å². The molecule has 0 heterocycles. The van der Waals surface area contributed by atoms with Crippen molar-refractivity contribution in [3.8, 4) is 5.75 Å². The SMILES string of the molecule is CC(CNC(C)c1ccc(OCC(=O)NC2CC2)cc1)c1ccccc1. The molecule has 4 heteroatoms. The van der Waals surface area contributed by atoms with E-state index in [1.165, 1.54) is 11.1 Å². The van der Waals surface area contributed by atoms with E-state index in [1.807, 2.05) is 18.2 Å². The predicted octanol–water partition coefficient (Wildman–Crippen LogP) is 3.80. The van der Waals surface area contributed by atoms with Gasteiger partial charge in [-0.3, -0.25) is 4.79 Å². The summed E-state index contributed by atoms with van der Waals surface area (Å²) in [5.74, 6) is 1.15. The maximum atomic E-state index is 11.7. The molecule has 2 aromatic carbocycles. The Balaban J connectivity index is 1.44. The zero-order valence-corrected chi connectivity index (χ0v) is 15.6. The van der Waals surface area contributed by atoms with Gasteiger partial charge in [-0.25, -0.2) is 0 Å². The number of carbonyl (C=O) groups is 1. The van der Waals surface area contributed by atoms with E-state index in [4.69, 9.17) is 4.74 Å². The highest BCUT2D eigenvalue weighted by atomic mass is 16.5. The van der Waals surface area contributed by atoms with E-state index in [-0.39, 0.29) is 18.6 Å². The Morgan fingerprint density at radius 2 is 1.73 bits per heavy atom. The minimum absolute atomic E-state index is 0.0403. The summed E-state index contributed by atoms with van der Waals surface area (Å²) >= 11 is 0. The molecule has 1 saturated carbocycles. The van der Waals surface area contributed by atoms with Gasteiger partial charge in [0, 0.05) is 18.6 Å². The van der Waals surface area contributed by atoms with Gasteiger partial charge in [-0.2, -0.15) is 0 Å². The topological polar surface area (TPSA) is 50.4 Å². The molecule has 0 spiro atoms. The van der Waals surface area contributed by atoms with Crippen LogP contribution in [0.2, 0.25) is 0 Å². The largest absolute Gasteiger partial charge is 0.484 e. The quantitative estimate of drug-likeness (QED) is 0.722. The van der Waals surface area contributed by atoms with Gasteiger partial charge in [-0.05, 0) is 48.9 Å².